The van der Waals surface area contributed by atoms with Crippen LogP contribution in [0.2, 0.25) is 0 Å². The standard InChI is InChI=1S/C19H23FN2O/c1-13(11-16-7-9-18(20)10-8-16)21-14(2)17-5-4-6-19(12-17)22-15(3)23/h4-10,12-14,21H,11H2,1-3H3,(H,22,23). The van der Waals surface area contributed by atoms with Crippen LogP contribution in [0.4, 0.5) is 10.1 Å². The van der Waals surface area contributed by atoms with Gasteiger partial charge in [-0.3, -0.25) is 4.79 Å². The number of halogens is 1. The number of amides is 1. The highest BCUT2D eigenvalue weighted by Crippen LogP contribution is 2.18. The maximum Gasteiger partial charge on any atom is 0.221 e. The molecule has 4 heteroatoms. The van der Waals surface area contributed by atoms with E-state index in [0.717, 1.165) is 23.2 Å². The van der Waals surface area contributed by atoms with Crippen molar-refractivity contribution in [1.29, 1.82) is 0 Å². The summed E-state index contributed by atoms with van der Waals surface area (Å²) in [5.74, 6) is -0.287. The normalized spacial score (nSPS) is 13.4. The fourth-order valence-corrected chi connectivity index (χ4v) is 2.64. The zero-order valence-corrected chi connectivity index (χ0v) is 13.8. The van der Waals surface area contributed by atoms with Gasteiger partial charge in [-0.15, -0.1) is 0 Å². The Balaban J connectivity index is 1.96. The Morgan fingerprint density at radius 2 is 1.83 bits per heavy atom. The summed E-state index contributed by atoms with van der Waals surface area (Å²) in [6.07, 6.45) is 0.829. The van der Waals surface area contributed by atoms with E-state index in [2.05, 4.69) is 24.5 Å². The third kappa shape index (κ3) is 5.49. The lowest BCUT2D eigenvalue weighted by atomic mass is 10.0. The second kappa shape index (κ2) is 7.88. The molecule has 23 heavy (non-hydrogen) atoms. The molecule has 0 radical (unpaired) electrons. The van der Waals surface area contributed by atoms with Crippen LogP contribution in [0.25, 0.3) is 0 Å². The minimum Gasteiger partial charge on any atom is -0.326 e. The van der Waals surface area contributed by atoms with Crippen LogP contribution in [-0.4, -0.2) is 11.9 Å². The number of nitrogens with one attached hydrogen (secondary N) is 2. The predicted molar refractivity (Wildman–Crippen MR) is 91.9 cm³/mol. The van der Waals surface area contributed by atoms with Gasteiger partial charge in [-0.05, 0) is 55.7 Å². The summed E-state index contributed by atoms with van der Waals surface area (Å²) in [5, 5.41) is 6.33. The van der Waals surface area contributed by atoms with Crippen molar-refractivity contribution in [1.82, 2.24) is 5.32 Å². The van der Waals surface area contributed by atoms with E-state index in [1.807, 2.05) is 36.4 Å². The summed E-state index contributed by atoms with van der Waals surface area (Å²) < 4.78 is 12.9. The zero-order valence-electron chi connectivity index (χ0n) is 13.8. The third-order valence-electron chi connectivity index (χ3n) is 3.70. The van der Waals surface area contributed by atoms with Crippen molar-refractivity contribution in [2.75, 3.05) is 5.32 Å². The van der Waals surface area contributed by atoms with Gasteiger partial charge in [0, 0.05) is 24.7 Å². The van der Waals surface area contributed by atoms with E-state index in [1.165, 1.54) is 19.1 Å². The first kappa shape index (κ1) is 17.2. The minimum absolute atomic E-state index is 0.0764. The van der Waals surface area contributed by atoms with Crippen LogP contribution in [0.15, 0.2) is 48.5 Å². The van der Waals surface area contributed by atoms with Crippen LogP contribution in [0.5, 0.6) is 0 Å². The Morgan fingerprint density at radius 1 is 1.13 bits per heavy atom. The summed E-state index contributed by atoms with van der Waals surface area (Å²) >= 11 is 0. The maximum absolute atomic E-state index is 12.9. The molecule has 3 nitrogen and oxygen atoms in total. The lowest BCUT2D eigenvalue weighted by Crippen LogP contribution is -2.30. The van der Waals surface area contributed by atoms with Crippen molar-refractivity contribution >= 4 is 11.6 Å². The number of hydrogen-bond acceptors (Lipinski definition) is 2. The number of benzene rings is 2. The lowest BCUT2D eigenvalue weighted by molar-refractivity contribution is -0.114. The van der Waals surface area contributed by atoms with Crippen molar-refractivity contribution in [3.63, 3.8) is 0 Å². The molecule has 0 heterocycles. The molecule has 0 bridgehead atoms. The van der Waals surface area contributed by atoms with E-state index >= 15 is 0 Å². The Hall–Kier alpha value is -2.20. The SMILES string of the molecule is CC(=O)Nc1cccc(C(C)NC(C)Cc2ccc(F)cc2)c1. The largest absolute Gasteiger partial charge is 0.326 e. The zero-order chi connectivity index (χ0) is 16.8. The molecule has 2 rings (SSSR count). The van der Waals surface area contributed by atoms with Crippen molar-refractivity contribution in [3.8, 4) is 0 Å². The monoisotopic (exact) mass is 314 g/mol. The number of carbonyl (C=O) groups excluding carboxylic acids is 1. The van der Waals surface area contributed by atoms with Crippen molar-refractivity contribution in [2.45, 2.75) is 39.3 Å². The molecule has 1 amide bonds. The first-order chi connectivity index (χ1) is 10.9. The van der Waals surface area contributed by atoms with Gasteiger partial charge in [-0.2, -0.15) is 0 Å². The fraction of sp³-hybridized carbons (Fsp3) is 0.316. The van der Waals surface area contributed by atoms with E-state index < -0.39 is 0 Å². The van der Waals surface area contributed by atoms with Gasteiger partial charge in [0.2, 0.25) is 5.91 Å². The molecule has 0 fully saturated rings. The van der Waals surface area contributed by atoms with Gasteiger partial charge in [-0.1, -0.05) is 24.3 Å². The van der Waals surface area contributed by atoms with Crippen molar-refractivity contribution in [2.24, 2.45) is 0 Å². The first-order valence-corrected chi connectivity index (χ1v) is 7.82. The van der Waals surface area contributed by atoms with E-state index in [0.29, 0.717) is 0 Å². The second-order valence-electron chi connectivity index (χ2n) is 5.93. The Labute approximate surface area is 136 Å². The molecular weight excluding hydrogens is 291 g/mol. The Kier molecular flexibility index (Phi) is 5.88. The number of anilines is 1. The highest BCUT2D eigenvalue weighted by Gasteiger charge is 2.11. The van der Waals surface area contributed by atoms with Gasteiger partial charge >= 0.3 is 0 Å². The number of carbonyl (C=O) groups is 1. The molecule has 122 valence electrons. The molecule has 2 aromatic carbocycles. The topological polar surface area (TPSA) is 41.1 Å². The van der Waals surface area contributed by atoms with Gasteiger partial charge in [0.05, 0.1) is 0 Å². The summed E-state index contributed by atoms with van der Waals surface area (Å²) in [5.41, 5.74) is 3.02. The molecule has 2 N–H and O–H groups in total. The van der Waals surface area contributed by atoms with Gasteiger partial charge in [0.1, 0.15) is 5.82 Å². The molecule has 0 aromatic heterocycles. The molecule has 0 saturated carbocycles. The number of hydrogen-bond donors (Lipinski definition) is 2. The average Bonchev–Trinajstić information content (AvgIpc) is 2.49. The predicted octanol–water partition coefficient (Wildman–Crippen LogP) is 4.07. The molecule has 2 aromatic rings. The lowest BCUT2D eigenvalue weighted by Gasteiger charge is -2.21. The molecule has 0 aliphatic rings. The second-order valence-corrected chi connectivity index (χ2v) is 5.93. The van der Waals surface area contributed by atoms with Gasteiger partial charge in [0.15, 0.2) is 0 Å². The highest BCUT2D eigenvalue weighted by atomic mass is 19.1. The molecule has 0 aliphatic heterocycles. The Morgan fingerprint density at radius 3 is 2.48 bits per heavy atom. The Bertz CT molecular complexity index is 655. The molecule has 0 aliphatic carbocycles. The molecule has 2 atom stereocenters. The van der Waals surface area contributed by atoms with E-state index in [4.69, 9.17) is 0 Å². The van der Waals surface area contributed by atoms with Crippen LogP contribution in [0, 0.1) is 5.82 Å². The van der Waals surface area contributed by atoms with Gasteiger partial charge in [0.25, 0.3) is 0 Å². The highest BCUT2D eigenvalue weighted by molar-refractivity contribution is 5.88. The summed E-state index contributed by atoms with van der Waals surface area (Å²) in [4.78, 5) is 11.1. The first-order valence-electron chi connectivity index (χ1n) is 7.82. The average molecular weight is 314 g/mol. The third-order valence-corrected chi connectivity index (χ3v) is 3.70. The van der Waals surface area contributed by atoms with E-state index in [9.17, 15) is 9.18 Å². The van der Waals surface area contributed by atoms with Gasteiger partial charge < -0.3 is 10.6 Å². The summed E-state index contributed by atoms with van der Waals surface area (Å²) in [6.45, 7) is 5.70. The molecule has 0 spiro atoms. The smallest absolute Gasteiger partial charge is 0.221 e. The van der Waals surface area contributed by atoms with Crippen LogP contribution >= 0.6 is 0 Å². The van der Waals surface area contributed by atoms with Gasteiger partial charge in [-0.25, -0.2) is 4.39 Å². The van der Waals surface area contributed by atoms with Crippen LogP contribution in [0.3, 0.4) is 0 Å². The molecular formula is C19H23FN2O. The molecule has 2 unspecified atom stereocenters. The fourth-order valence-electron chi connectivity index (χ4n) is 2.64. The number of rotatable bonds is 6. The summed E-state index contributed by atoms with van der Waals surface area (Å²) in [7, 11) is 0. The van der Waals surface area contributed by atoms with E-state index in [1.54, 1.807) is 0 Å². The van der Waals surface area contributed by atoms with Crippen molar-refractivity contribution < 1.29 is 9.18 Å². The van der Waals surface area contributed by atoms with Crippen molar-refractivity contribution in [3.05, 3.63) is 65.5 Å². The quantitative estimate of drug-likeness (QED) is 0.844. The minimum atomic E-state index is -0.211. The van der Waals surface area contributed by atoms with Crippen LogP contribution in [0.1, 0.15) is 37.9 Å². The maximum atomic E-state index is 12.9. The van der Waals surface area contributed by atoms with Crippen LogP contribution < -0.4 is 10.6 Å². The summed E-state index contributed by atoms with van der Waals surface area (Å²) in [6, 6.07) is 14.8. The molecule has 0 saturated heterocycles. The van der Waals surface area contributed by atoms with E-state index in [-0.39, 0.29) is 23.8 Å². The van der Waals surface area contributed by atoms with Crippen LogP contribution in [-0.2, 0) is 11.2 Å².